The van der Waals surface area contributed by atoms with Gasteiger partial charge < -0.3 is 10.6 Å². The third kappa shape index (κ3) is 5.42. The van der Waals surface area contributed by atoms with E-state index in [1.807, 2.05) is 20.8 Å². The number of rotatable bonds is 5. The molecule has 7 heteroatoms. The van der Waals surface area contributed by atoms with E-state index in [-0.39, 0.29) is 11.2 Å². The average molecular weight is 286 g/mol. The van der Waals surface area contributed by atoms with E-state index in [4.69, 9.17) is 0 Å². The first-order chi connectivity index (χ1) is 8.62. The molecule has 6 nitrogen and oxygen atoms in total. The van der Waals surface area contributed by atoms with E-state index in [0.29, 0.717) is 24.0 Å². The lowest BCUT2D eigenvalue weighted by Crippen LogP contribution is -2.20. The summed E-state index contributed by atoms with van der Waals surface area (Å²) in [6.07, 6.45) is 1.22. The van der Waals surface area contributed by atoms with Crippen molar-refractivity contribution in [1.29, 1.82) is 0 Å². The maximum Gasteiger partial charge on any atom is 0.149 e. The summed E-state index contributed by atoms with van der Waals surface area (Å²) in [4.78, 5) is 8.81. The summed E-state index contributed by atoms with van der Waals surface area (Å²) in [5.41, 5.74) is -0.167. The molecule has 1 rings (SSSR count). The van der Waals surface area contributed by atoms with E-state index >= 15 is 0 Å². The minimum atomic E-state index is -2.97. The number of hydrogen-bond acceptors (Lipinski definition) is 6. The van der Waals surface area contributed by atoms with Crippen LogP contribution in [0.1, 0.15) is 26.6 Å². The van der Waals surface area contributed by atoms with Gasteiger partial charge in [0.15, 0.2) is 0 Å². The zero-order valence-corrected chi connectivity index (χ0v) is 12.9. The van der Waals surface area contributed by atoms with Crippen LogP contribution in [0.2, 0.25) is 0 Å². The Balaban J connectivity index is 2.89. The van der Waals surface area contributed by atoms with Crippen LogP contribution in [0, 0.1) is 0 Å². The predicted octanol–water partition coefficient (Wildman–Crippen LogP) is 1.27. The van der Waals surface area contributed by atoms with Gasteiger partial charge in [0.1, 0.15) is 27.3 Å². The fourth-order valence-corrected chi connectivity index (χ4v) is 1.84. The van der Waals surface area contributed by atoms with E-state index in [1.54, 1.807) is 13.1 Å². The lowest BCUT2D eigenvalue weighted by Gasteiger charge is -2.18. The SMILES string of the molecule is CNc1cc(NCCS(C)(=O)=O)nc(C(C)(C)C)n1. The van der Waals surface area contributed by atoms with Gasteiger partial charge in [-0.3, -0.25) is 0 Å². The molecule has 0 saturated heterocycles. The van der Waals surface area contributed by atoms with Crippen molar-refractivity contribution in [2.45, 2.75) is 26.2 Å². The van der Waals surface area contributed by atoms with Crippen LogP contribution in [0.5, 0.6) is 0 Å². The lowest BCUT2D eigenvalue weighted by atomic mass is 9.96. The van der Waals surface area contributed by atoms with Crippen molar-refractivity contribution in [2.75, 3.05) is 36.2 Å². The molecule has 108 valence electrons. The fraction of sp³-hybridized carbons (Fsp3) is 0.667. The third-order valence-electron chi connectivity index (χ3n) is 2.43. The standard InChI is InChI=1S/C12H22N4O2S/c1-12(2,3)11-15-9(13-4)8-10(16-11)14-6-7-19(5,17)18/h8H,6-7H2,1-5H3,(H2,13,14,15,16). The molecule has 0 radical (unpaired) electrons. The van der Waals surface area contributed by atoms with Crippen molar-refractivity contribution in [2.24, 2.45) is 0 Å². The second kappa shape index (κ2) is 5.73. The zero-order valence-electron chi connectivity index (χ0n) is 12.1. The molecule has 1 aromatic rings. The summed E-state index contributed by atoms with van der Waals surface area (Å²) in [6.45, 7) is 6.43. The maximum absolute atomic E-state index is 11.1. The van der Waals surface area contributed by atoms with Gasteiger partial charge in [-0.15, -0.1) is 0 Å². The van der Waals surface area contributed by atoms with Gasteiger partial charge in [-0.05, 0) is 0 Å². The first-order valence-corrected chi connectivity index (χ1v) is 8.17. The largest absolute Gasteiger partial charge is 0.373 e. The van der Waals surface area contributed by atoms with Crippen LogP contribution < -0.4 is 10.6 Å². The Morgan fingerprint density at radius 2 is 1.79 bits per heavy atom. The van der Waals surface area contributed by atoms with E-state index < -0.39 is 9.84 Å². The number of nitrogens with one attached hydrogen (secondary N) is 2. The highest BCUT2D eigenvalue weighted by Gasteiger charge is 2.19. The molecule has 1 aromatic heterocycles. The highest BCUT2D eigenvalue weighted by atomic mass is 32.2. The van der Waals surface area contributed by atoms with Gasteiger partial charge in [0.2, 0.25) is 0 Å². The van der Waals surface area contributed by atoms with Crippen molar-refractivity contribution in [3.8, 4) is 0 Å². The minimum absolute atomic E-state index is 0.0801. The highest BCUT2D eigenvalue weighted by molar-refractivity contribution is 7.90. The second-order valence-corrected chi connectivity index (χ2v) is 7.78. The molecule has 0 unspecified atom stereocenters. The first-order valence-electron chi connectivity index (χ1n) is 6.11. The van der Waals surface area contributed by atoms with Gasteiger partial charge in [0, 0.05) is 31.3 Å². The van der Waals surface area contributed by atoms with Gasteiger partial charge in [0.25, 0.3) is 0 Å². The molecule has 2 N–H and O–H groups in total. The van der Waals surface area contributed by atoms with Crippen molar-refractivity contribution in [1.82, 2.24) is 9.97 Å². The summed E-state index contributed by atoms with van der Waals surface area (Å²) in [7, 11) is -1.18. The molecule has 0 bridgehead atoms. The van der Waals surface area contributed by atoms with E-state index in [1.165, 1.54) is 6.26 Å². The second-order valence-electron chi connectivity index (χ2n) is 5.52. The normalized spacial score (nSPS) is 12.3. The van der Waals surface area contributed by atoms with Crippen LogP contribution in [0.3, 0.4) is 0 Å². The number of hydrogen-bond donors (Lipinski definition) is 2. The Labute approximate surface area is 115 Å². The van der Waals surface area contributed by atoms with Gasteiger partial charge >= 0.3 is 0 Å². The van der Waals surface area contributed by atoms with Crippen LogP contribution in [-0.2, 0) is 15.3 Å². The van der Waals surface area contributed by atoms with Gasteiger partial charge in [-0.1, -0.05) is 20.8 Å². The van der Waals surface area contributed by atoms with E-state index in [9.17, 15) is 8.42 Å². The van der Waals surface area contributed by atoms with Crippen LogP contribution in [0.15, 0.2) is 6.07 Å². The number of sulfone groups is 1. The average Bonchev–Trinajstić information content (AvgIpc) is 2.25. The molecular weight excluding hydrogens is 264 g/mol. The molecule has 0 fully saturated rings. The molecule has 0 aliphatic carbocycles. The van der Waals surface area contributed by atoms with Crippen molar-refractivity contribution < 1.29 is 8.42 Å². The Bertz CT molecular complexity index is 535. The molecule has 0 atom stereocenters. The molecule has 0 aliphatic heterocycles. The maximum atomic E-state index is 11.1. The molecule has 0 amide bonds. The number of aromatic nitrogens is 2. The topological polar surface area (TPSA) is 84.0 Å². The summed E-state index contributed by atoms with van der Waals surface area (Å²) < 4.78 is 22.2. The van der Waals surface area contributed by atoms with Gasteiger partial charge in [-0.25, -0.2) is 18.4 Å². The first kappa shape index (κ1) is 15.7. The van der Waals surface area contributed by atoms with Gasteiger partial charge in [-0.2, -0.15) is 0 Å². The summed E-state index contributed by atoms with van der Waals surface area (Å²) >= 11 is 0. The molecule has 0 spiro atoms. The minimum Gasteiger partial charge on any atom is -0.373 e. The third-order valence-corrected chi connectivity index (χ3v) is 3.38. The van der Waals surface area contributed by atoms with E-state index in [2.05, 4.69) is 20.6 Å². The monoisotopic (exact) mass is 286 g/mol. The lowest BCUT2D eigenvalue weighted by molar-refractivity contribution is 0.546. The van der Waals surface area contributed by atoms with E-state index in [0.717, 1.165) is 0 Å². The van der Waals surface area contributed by atoms with Crippen molar-refractivity contribution >= 4 is 21.5 Å². The molecule has 0 saturated carbocycles. The summed E-state index contributed by atoms with van der Waals surface area (Å²) in [6, 6.07) is 1.76. The van der Waals surface area contributed by atoms with Crippen LogP contribution in [0.4, 0.5) is 11.6 Å². The Kier molecular flexibility index (Phi) is 4.73. The molecule has 19 heavy (non-hydrogen) atoms. The number of anilines is 2. The summed E-state index contributed by atoms with van der Waals surface area (Å²) in [5, 5.41) is 6.00. The molecule has 0 aromatic carbocycles. The Morgan fingerprint density at radius 3 is 2.26 bits per heavy atom. The molecule has 1 heterocycles. The summed E-state index contributed by atoms with van der Waals surface area (Å²) in [5.74, 6) is 2.13. The molecular formula is C12H22N4O2S. The van der Waals surface area contributed by atoms with Crippen molar-refractivity contribution in [3.05, 3.63) is 11.9 Å². The highest BCUT2D eigenvalue weighted by Crippen LogP contribution is 2.21. The van der Waals surface area contributed by atoms with Crippen molar-refractivity contribution in [3.63, 3.8) is 0 Å². The quantitative estimate of drug-likeness (QED) is 0.848. The zero-order chi connectivity index (χ0) is 14.7. The Morgan fingerprint density at radius 1 is 1.21 bits per heavy atom. The van der Waals surface area contributed by atoms with Crippen LogP contribution >= 0.6 is 0 Å². The van der Waals surface area contributed by atoms with Gasteiger partial charge in [0.05, 0.1) is 5.75 Å². The number of nitrogens with zero attached hydrogens (tertiary/aromatic N) is 2. The predicted molar refractivity (Wildman–Crippen MR) is 78.5 cm³/mol. The molecule has 0 aliphatic rings. The smallest absolute Gasteiger partial charge is 0.149 e. The Hall–Kier alpha value is -1.37. The fourth-order valence-electron chi connectivity index (χ4n) is 1.37. The van der Waals surface area contributed by atoms with Crippen LogP contribution in [0.25, 0.3) is 0 Å². The van der Waals surface area contributed by atoms with Crippen LogP contribution in [-0.4, -0.2) is 44.0 Å².